The van der Waals surface area contributed by atoms with Crippen LogP contribution in [0, 0.1) is 6.92 Å². The lowest BCUT2D eigenvalue weighted by atomic mass is 10.1. The Kier molecular flexibility index (Phi) is 4.77. The molecule has 0 radical (unpaired) electrons. The van der Waals surface area contributed by atoms with E-state index in [1.165, 1.54) is 16.5 Å². The van der Waals surface area contributed by atoms with E-state index in [1.807, 2.05) is 11.9 Å². The first-order valence-electron chi connectivity index (χ1n) is 9.07. The van der Waals surface area contributed by atoms with Crippen LogP contribution in [0.25, 0.3) is 10.9 Å². The number of amides is 1. The third-order valence-electron chi connectivity index (χ3n) is 4.96. The molecule has 3 aromatic rings. The highest BCUT2D eigenvalue weighted by Crippen LogP contribution is 2.18. The Hall–Kier alpha value is -2.57. The van der Waals surface area contributed by atoms with Crippen molar-refractivity contribution < 1.29 is 9.21 Å². The van der Waals surface area contributed by atoms with E-state index in [1.54, 1.807) is 12.3 Å². The van der Waals surface area contributed by atoms with Gasteiger partial charge < -0.3 is 14.3 Å². The van der Waals surface area contributed by atoms with Crippen LogP contribution in [0.15, 0.2) is 47.2 Å². The Morgan fingerprint density at radius 1 is 1.23 bits per heavy atom. The topological polar surface area (TPSA) is 64.5 Å². The average molecular weight is 352 g/mol. The molecular formula is C20H24N4O2. The minimum atomic E-state index is -0.176. The van der Waals surface area contributed by atoms with Crippen molar-refractivity contribution in [2.24, 2.45) is 0 Å². The average Bonchev–Trinajstić information content (AvgIpc) is 3.27. The fourth-order valence-electron chi connectivity index (χ4n) is 3.45. The Morgan fingerprint density at radius 2 is 2.04 bits per heavy atom. The number of hydrazine groups is 1. The molecule has 1 saturated heterocycles. The minimum Gasteiger partial charge on any atom is -0.459 e. The number of fused-ring (bicyclic) bond motifs is 1. The summed E-state index contributed by atoms with van der Waals surface area (Å²) in [5, 5.41) is 3.29. The number of hydrogen-bond donors (Lipinski definition) is 2. The van der Waals surface area contributed by atoms with Crippen molar-refractivity contribution in [2.45, 2.75) is 13.3 Å². The van der Waals surface area contributed by atoms with Crippen molar-refractivity contribution in [1.29, 1.82) is 0 Å². The highest BCUT2D eigenvalue weighted by atomic mass is 16.3. The van der Waals surface area contributed by atoms with Gasteiger partial charge in [0.25, 0.3) is 0 Å². The number of carbonyl (C=O) groups excluding carboxylic acids is 1. The molecule has 1 aromatic carbocycles. The second kappa shape index (κ2) is 7.35. The first kappa shape index (κ1) is 16.9. The number of furan rings is 1. The van der Waals surface area contributed by atoms with Crippen LogP contribution in [0.4, 0.5) is 0 Å². The molecule has 6 heteroatoms. The molecule has 0 saturated carbocycles. The van der Waals surface area contributed by atoms with Crippen LogP contribution in [0.2, 0.25) is 0 Å². The van der Waals surface area contributed by atoms with Gasteiger partial charge in [0.2, 0.25) is 0 Å². The zero-order chi connectivity index (χ0) is 17.9. The van der Waals surface area contributed by atoms with Gasteiger partial charge in [0.05, 0.1) is 6.26 Å². The van der Waals surface area contributed by atoms with E-state index in [9.17, 15) is 4.79 Å². The lowest BCUT2D eigenvalue weighted by molar-refractivity contribution is 0.0598. The molecule has 1 aliphatic heterocycles. The van der Waals surface area contributed by atoms with E-state index in [0.29, 0.717) is 5.76 Å². The number of aromatic nitrogens is 1. The summed E-state index contributed by atoms with van der Waals surface area (Å²) in [4.78, 5) is 17.9. The Morgan fingerprint density at radius 3 is 2.81 bits per heavy atom. The zero-order valence-electron chi connectivity index (χ0n) is 15.0. The summed E-state index contributed by atoms with van der Waals surface area (Å²) < 4.78 is 5.25. The second-order valence-corrected chi connectivity index (χ2v) is 6.87. The van der Waals surface area contributed by atoms with E-state index in [4.69, 9.17) is 4.42 Å². The standard InChI is InChI=1S/C20H24N4O2/c1-15-12-19(26-14-15)20(25)22-24-10-8-23(9-11-24)7-6-16-13-21-18-5-3-2-4-17(16)18/h2-5,12-14,21H,6-11H2,1H3,(H,22,25). The van der Waals surface area contributed by atoms with Crippen molar-refractivity contribution in [2.75, 3.05) is 32.7 Å². The molecule has 0 spiro atoms. The predicted molar refractivity (Wildman–Crippen MR) is 101 cm³/mol. The van der Waals surface area contributed by atoms with Crippen LogP contribution >= 0.6 is 0 Å². The minimum absolute atomic E-state index is 0.176. The van der Waals surface area contributed by atoms with Crippen molar-refractivity contribution >= 4 is 16.8 Å². The molecule has 1 fully saturated rings. The lowest BCUT2D eigenvalue weighted by Crippen LogP contribution is -2.53. The summed E-state index contributed by atoms with van der Waals surface area (Å²) in [5.74, 6) is 0.189. The number of nitrogens with one attached hydrogen (secondary N) is 2. The number of benzene rings is 1. The molecule has 0 unspecified atom stereocenters. The smallest absolute Gasteiger partial charge is 0.301 e. The zero-order valence-corrected chi connectivity index (χ0v) is 15.0. The molecule has 3 heterocycles. The van der Waals surface area contributed by atoms with Gasteiger partial charge in [-0.05, 0) is 36.6 Å². The molecule has 2 aromatic heterocycles. The molecule has 26 heavy (non-hydrogen) atoms. The van der Waals surface area contributed by atoms with Gasteiger partial charge in [-0.1, -0.05) is 18.2 Å². The summed E-state index contributed by atoms with van der Waals surface area (Å²) in [7, 11) is 0. The highest BCUT2D eigenvalue weighted by molar-refractivity contribution is 5.91. The fraction of sp³-hybridized carbons (Fsp3) is 0.350. The number of H-pyrrole nitrogens is 1. The van der Waals surface area contributed by atoms with Gasteiger partial charge in [-0.25, -0.2) is 5.01 Å². The summed E-state index contributed by atoms with van der Waals surface area (Å²) in [6, 6.07) is 10.2. The molecule has 0 bridgehead atoms. The van der Waals surface area contributed by atoms with Crippen LogP contribution in [0.1, 0.15) is 21.7 Å². The molecule has 4 rings (SSSR count). The van der Waals surface area contributed by atoms with E-state index in [2.05, 4.69) is 45.8 Å². The first-order chi connectivity index (χ1) is 12.7. The summed E-state index contributed by atoms with van der Waals surface area (Å²) in [6.45, 7) is 6.46. The number of rotatable bonds is 5. The maximum atomic E-state index is 12.1. The summed E-state index contributed by atoms with van der Waals surface area (Å²) in [5.41, 5.74) is 6.45. The number of piperazine rings is 1. The molecule has 0 atom stereocenters. The van der Waals surface area contributed by atoms with Gasteiger partial charge in [0.15, 0.2) is 5.76 Å². The third kappa shape index (κ3) is 3.66. The van der Waals surface area contributed by atoms with E-state index in [0.717, 1.165) is 44.7 Å². The van der Waals surface area contributed by atoms with Crippen molar-refractivity contribution in [3.63, 3.8) is 0 Å². The van der Waals surface area contributed by atoms with Crippen molar-refractivity contribution in [3.05, 3.63) is 59.7 Å². The lowest BCUT2D eigenvalue weighted by Gasteiger charge is -2.34. The van der Waals surface area contributed by atoms with Gasteiger partial charge in [-0.2, -0.15) is 0 Å². The van der Waals surface area contributed by atoms with Crippen LogP contribution in [0.5, 0.6) is 0 Å². The fourth-order valence-corrected chi connectivity index (χ4v) is 3.45. The van der Waals surface area contributed by atoms with Gasteiger partial charge in [0, 0.05) is 49.8 Å². The number of hydrogen-bond acceptors (Lipinski definition) is 4. The Bertz CT molecular complexity index is 890. The van der Waals surface area contributed by atoms with Gasteiger partial charge >= 0.3 is 5.91 Å². The Balaban J connectivity index is 1.25. The normalized spacial score (nSPS) is 16.2. The quantitative estimate of drug-likeness (QED) is 0.741. The first-order valence-corrected chi connectivity index (χ1v) is 9.07. The number of nitrogens with zero attached hydrogens (tertiary/aromatic N) is 2. The largest absolute Gasteiger partial charge is 0.459 e. The monoisotopic (exact) mass is 352 g/mol. The summed E-state index contributed by atoms with van der Waals surface area (Å²) in [6.07, 6.45) is 4.74. The highest BCUT2D eigenvalue weighted by Gasteiger charge is 2.20. The number of para-hydroxylation sites is 1. The van der Waals surface area contributed by atoms with E-state index < -0.39 is 0 Å². The molecule has 1 amide bonds. The van der Waals surface area contributed by atoms with Crippen LogP contribution in [-0.2, 0) is 6.42 Å². The second-order valence-electron chi connectivity index (χ2n) is 6.87. The Labute approximate surface area is 152 Å². The molecular weight excluding hydrogens is 328 g/mol. The molecule has 136 valence electrons. The number of aromatic amines is 1. The van der Waals surface area contributed by atoms with E-state index in [-0.39, 0.29) is 5.91 Å². The van der Waals surface area contributed by atoms with Gasteiger partial charge in [-0.3, -0.25) is 10.2 Å². The summed E-state index contributed by atoms with van der Waals surface area (Å²) >= 11 is 0. The predicted octanol–water partition coefficient (Wildman–Crippen LogP) is 2.57. The van der Waals surface area contributed by atoms with Crippen molar-refractivity contribution in [3.8, 4) is 0 Å². The maximum absolute atomic E-state index is 12.1. The van der Waals surface area contributed by atoms with Crippen molar-refractivity contribution in [1.82, 2.24) is 20.3 Å². The molecule has 1 aliphatic rings. The number of carbonyl (C=O) groups is 1. The maximum Gasteiger partial charge on any atom is 0.301 e. The molecule has 6 nitrogen and oxygen atoms in total. The van der Waals surface area contributed by atoms with Gasteiger partial charge in [0.1, 0.15) is 0 Å². The van der Waals surface area contributed by atoms with Crippen LogP contribution in [-0.4, -0.2) is 53.5 Å². The third-order valence-corrected chi connectivity index (χ3v) is 4.96. The number of aryl methyl sites for hydroxylation is 1. The van der Waals surface area contributed by atoms with Crippen LogP contribution in [0.3, 0.4) is 0 Å². The SMILES string of the molecule is Cc1coc(C(=O)NN2CCN(CCc3c[nH]c4ccccc34)CC2)c1. The van der Waals surface area contributed by atoms with Gasteiger partial charge in [-0.15, -0.1) is 0 Å². The molecule has 0 aliphatic carbocycles. The van der Waals surface area contributed by atoms with Crippen LogP contribution < -0.4 is 5.43 Å². The van der Waals surface area contributed by atoms with E-state index >= 15 is 0 Å². The molecule has 2 N–H and O–H groups in total.